The van der Waals surface area contributed by atoms with E-state index >= 15 is 0 Å². The molecule has 0 spiro atoms. The third kappa shape index (κ3) is 1.99. The SMILES string of the molecule is Cn1nc2ccc(N3CCC(=O)NC3=O)cc2c1Br. The number of hydrogen-bond acceptors (Lipinski definition) is 3. The molecule has 98 valence electrons. The number of amides is 3. The maximum atomic E-state index is 11.8. The van der Waals surface area contributed by atoms with E-state index in [1.807, 2.05) is 25.2 Å². The van der Waals surface area contributed by atoms with Gasteiger partial charge in [0.2, 0.25) is 5.91 Å². The molecule has 0 bridgehead atoms. The van der Waals surface area contributed by atoms with Gasteiger partial charge in [-0.15, -0.1) is 0 Å². The van der Waals surface area contributed by atoms with E-state index in [-0.39, 0.29) is 11.9 Å². The van der Waals surface area contributed by atoms with Crippen LogP contribution in [0.4, 0.5) is 10.5 Å². The first-order chi connectivity index (χ1) is 9.06. The number of aromatic nitrogens is 2. The Hall–Kier alpha value is -1.89. The Kier molecular flexibility index (Phi) is 2.78. The lowest BCUT2D eigenvalue weighted by Gasteiger charge is -2.26. The smallest absolute Gasteiger partial charge is 0.294 e. The maximum Gasteiger partial charge on any atom is 0.328 e. The highest BCUT2D eigenvalue weighted by atomic mass is 79.9. The molecule has 1 aromatic heterocycles. The molecular formula is C12H11BrN4O2. The fourth-order valence-electron chi connectivity index (χ4n) is 2.13. The highest BCUT2D eigenvalue weighted by Crippen LogP contribution is 2.28. The largest absolute Gasteiger partial charge is 0.328 e. The minimum Gasteiger partial charge on any atom is -0.294 e. The third-order valence-electron chi connectivity index (χ3n) is 3.11. The zero-order valence-electron chi connectivity index (χ0n) is 10.2. The summed E-state index contributed by atoms with van der Waals surface area (Å²) < 4.78 is 2.59. The van der Waals surface area contributed by atoms with Crippen molar-refractivity contribution in [3.63, 3.8) is 0 Å². The molecule has 6 nitrogen and oxygen atoms in total. The van der Waals surface area contributed by atoms with E-state index in [9.17, 15) is 9.59 Å². The van der Waals surface area contributed by atoms with E-state index in [1.54, 1.807) is 9.58 Å². The monoisotopic (exact) mass is 322 g/mol. The molecule has 2 aromatic rings. The van der Waals surface area contributed by atoms with E-state index in [1.165, 1.54) is 0 Å². The second-order valence-electron chi connectivity index (χ2n) is 4.37. The Morgan fingerprint density at radius 3 is 2.89 bits per heavy atom. The fraction of sp³-hybridized carbons (Fsp3) is 0.250. The van der Waals surface area contributed by atoms with Gasteiger partial charge in [0.25, 0.3) is 0 Å². The van der Waals surface area contributed by atoms with Crippen molar-refractivity contribution in [3.05, 3.63) is 22.8 Å². The van der Waals surface area contributed by atoms with Crippen molar-refractivity contribution in [1.82, 2.24) is 15.1 Å². The first-order valence-corrected chi connectivity index (χ1v) is 6.59. The van der Waals surface area contributed by atoms with Crippen LogP contribution in [0.2, 0.25) is 0 Å². The first kappa shape index (κ1) is 12.2. The van der Waals surface area contributed by atoms with Crippen LogP contribution in [0.5, 0.6) is 0 Å². The molecule has 0 unspecified atom stereocenters. The van der Waals surface area contributed by atoms with Crippen LogP contribution in [0, 0.1) is 0 Å². The number of anilines is 1. The van der Waals surface area contributed by atoms with Crippen LogP contribution in [0.25, 0.3) is 10.9 Å². The zero-order chi connectivity index (χ0) is 13.6. The molecule has 3 amide bonds. The Bertz CT molecular complexity index is 694. The first-order valence-electron chi connectivity index (χ1n) is 5.80. The number of nitrogens with one attached hydrogen (secondary N) is 1. The van der Waals surface area contributed by atoms with Crippen molar-refractivity contribution < 1.29 is 9.59 Å². The second kappa shape index (κ2) is 4.34. The van der Waals surface area contributed by atoms with Crippen LogP contribution < -0.4 is 10.2 Å². The van der Waals surface area contributed by atoms with E-state index < -0.39 is 0 Å². The molecule has 1 fully saturated rings. The summed E-state index contributed by atoms with van der Waals surface area (Å²) in [6.45, 7) is 0.397. The third-order valence-corrected chi connectivity index (χ3v) is 4.05. The molecule has 3 rings (SSSR count). The number of hydrogen-bond donors (Lipinski definition) is 1. The summed E-state index contributed by atoms with van der Waals surface area (Å²) in [6, 6.07) is 5.20. The van der Waals surface area contributed by atoms with E-state index in [0.29, 0.717) is 13.0 Å². The van der Waals surface area contributed by atoms with Gasteiger partial charge in [-0.1, -0.05) is 0 Å². The van der Waals surface area contributed by atoms with Gasteiger partial charge in [-0.3, -0.25) is 19.7 Å². The molecule has 1 aliphatic rings. The van der Waals surface area contributed by atoms with Gasteiger partial charge in [0, 0.05) is 31.1 Å². The van der Waals surface area contributed by atoms with Crippen molar-refractivity contribution in [1.29, 1.82) is 0 Å². The standard InChI is InChI=1S/C12H11BrN4O2/c1-16-11(13)8-6-7(2-3-9(8)15-16)17-5-4-10(18)14-12(17)19/h2-3,6H,4-5H2,1H3,(H,14,18,19). The molecule has 1 aliphatic heterocycles. The molecule has 0 aliphatic carbocycles. The Morgan fingerprint density at radius 2 is 2.16 bits per heavy atom. The number of fused-ring (bicyclic) bond motifs is 1. The average molecular weight is 323 g/mol. The maximum absolute atomic E-state index is 11.8. The minimum atomic E-state index is -0.379. The molecule has 0 atom stereocenters. The number of benzene rings is 1. The summed E-state index contributed by atoms with van der Waals surface area (Å²) in [4.78, 5) is 24.5. The van der Waals surface area contributed by atoms with Gasteiger partial charge in [-0.2, -0.15) is 5.10 Å². The number of carbonyl (C=O) groups excluding carboxylic acids is 2. The zero-order valence-corrected chi connectivity index (χ0v) is 11.8. The minimum absolute atomic E-state index is 0.232. The average Bonchev–Trinajstić information content (AvgIpc) is 2.65. The van der Waals surface area contributed by atoms with Crippen molar-refractivity contribution in [2.24, 2.45) is 7.05 Å². The topological polar surface area (TPSA) is 67.2 Å². The van der Waals surface area contributed by atoms with Crippen LogP contribution >= 0.6 is 15.9 Å². The normalized spacial score (nSPS) is 16.0. The van der Waals surface area contributed by atoms with Gasteiger partial charge in [0.1, 0.15) is 4.60 Å². The summed E-state index contributed by atoms with van der Waals surface area (Å²) in [5.41, 5.74) is 1.61. The van der Waals surface area contributed by atoms with Crippen molar-refractivity contribution in [3.8, 4) is 0 Å². The molecule has 0 saturated carbocycles. The van der Waals surface area contributed by atoms with Gasteiger partial charge in [0.15, 0.2) is 0 Å². The van der Waals surface area contributed by atoms with Gasteiger partial charge >= 0.3 is 6.03 Å². The van der Waals surface area contributed by atoms with Crippen LogP contribution in [0.15, 0.2) is 22.8 Å². The number of imide groups is 1. The van der Waals surface area contributed by atoms with Gasteiger partial charge in [0.05, 0.1) is 5.52 Å². The van der Waals surface area contributed by atoms with E-state index in [4.69, 9.17) is 0 Å². The predicted molar refractivity (Wildman–Crippen MR) is 73.9 cm³/mol. The number of rotatable bonds is 1. The second-order valence-corrected chi connectivity index (χ2v) is 5.12. The van der Waals surface area contributed by atoms with Crippen molar-refractivity contribution in [2.75, 3.05) is 11.4 Å². The summed E-state index contributed by atoms with van der Waals surface area (Å²) in [5, 5.41) is 7.57. The Morgan fingerprint density at radius 1 is 1.37 bits per heavy atom. The number of carbonyl (C=O) groups is 2. The predicted octanol–water partition coefficient (Wildman–Crippen LogP) is 1.78. The Balaban J connectivity index is 2.03. The number of aryl methyl sites for hydroxylation is 1. The van der Waals surface area contributed by atoms with Crippen molar-refractivity contribution in [2.45, 2.75) is 6.42 Å². The van der Waals surface area contributed by atoms with E-state index in [0.717, 1.165) is 21.2 Å². The van der Waals surface area contributed by atoms with Gasteiger partial charge in [-0.25, -0.2) is 4.79 Å². The summed E-state index contributed by atoms with van der Waals surface area (Å²) >= 11 is 3.46. The lowest BCUT2D eigenvalue weighted by molar-refractivity contribution is -0.120. The molecule has 7 heteroatoms. The highest BCUT2D eigenvalue weighted by Gasteiger charge is 2.24. The fourth-order valence-corrected chi connectivity index (χ4v) is 2.53. The Labute approximate surface area is 117 Å². The molecule has 1 aromatic carbocycles. The lowest BCUT2D eigenvalue weighted by atomic mass is 10.2. The van der Waals surface area contributed by atoms with Crippen LogP contribution in [0.3, 0.4) is 0 Å². The molecule has 19 heavy (non-hydrogen) atoms. The summed E-state index contributed by atoms with van der Waals surface area (Å²) in [7, 11) is 1.84. The van der Waals surface area contributed by atoms with Crippen molar-refractivity contribution >= 4 is 44.5 Å². The lowest BCUT2D eigenvalue weighted by Crippen LogP contribution is -2.49. The van der Waals surface area contributed by atoms with Gasteiger partial charge in [-0.05, 0) is 34.1 Å². The summed E-state index contributed by atoms with van der Waals surface area (Å²) in [6.07, 6.45) is 0.317. The van der Waals surface area contributed by atoms with Gasteiger partial charge < -0.3 is 0 Å². The molecule has 1 saturated heterocycles. The summed E-state index contributed by atoms with van der Waals surface area (Å²) in [5.74, 6) is -0.232. The quantitative estimate of drug-likeness (QED) is 0.870. The molecule has 2 heterocycles. The highest BCUT2D eigenvalue weighted by molar-refractivity contribution is 9.10. The van der Waals surface area contributed by atoms with Crippen LogP contribution in [-0.2, 0) is 11.8 Å². The van der Waals surface area contributed by atoms with Crippen LogP contribution in [-0.4, -0.2) is 28.3 Å². The number of urea groups is 1. The van der Waals surface area contributed by atoms with E-state index in [2.05, 4.69) is 26.3 Å². The van der Waals surface area contributed by atoms with Crippen LogP contribution in [0.1, 0.15) is 6.42 Å². The number of halogens is 1. The molecular weight excluding hydrogens is 312 g/mol. The molecule has 0 radical (unpaired) electrons. The molecule has 1 N–H and O–H groups in total. The number of nitrogens with zero attached hydrogens (tertiary/aromatic N) is 3.